The molecule has 2 aromatic rings. The van der Waals surface area contributed by atoms with Crippen LogP contribution in [0.2, 0.25) is 0 Å². The molecule has 1 nitrogen and oxygen atoms in total. The zero-order chi connectivity index (χ0) is 20.1. The molecule has 1 aromatic carbocycles. The summed E-state index contributed by atoms with van der Waals surface area (Å²) in [5, 5.41) is 0. The fourth-order valence-electron chi connectivity index (χ4n) is 1.88. The van der Waals surface area contributed by atoms with E-state index in [0.717, 1.165) is 0 Å². The van der Waals surface area contributed by atoms with Crippen LogP contribution < -0.4 is 4.57 Å². The van der Waals surface area contributed by atoms with E-state index in [4.69, 9.17) is 12.3 Å². The first-order chi connectivity index (χ1) is 11.6. The van der Waals surface area contributed by atoms with Gasteiger partial charge in [-0.1, -0.05) is 17.7 Å². The van der Waals surface area contributed by atoms with Crippen LogP contribution in [-0.2, 0) is 7.05 Å². The van der Waals surface area contributed by atoms with Crippen LogP contribution in [0.15, 0.2) is 30.3 Å². The smallest absolute Gasteiger partial charge is 0.198 e. The lowest BCUT2D eigenvalue weighted by atomic mass is 10.0. The molecule has 0 aliphatic heterocycles. The summed E-state index contributed by atoms with van der Waals surface area (Å²) in [6, 6.07) is 7.48. The highest BCUT2D eigenvalue weighted by Gasteiger charge is 2.15. The molecule has 1 heteroatoms. The molecule has 88 valence electrons. The number of benzene rings is 1. The van der Waals surface area contributed by atoms with Crippen LogP contribution in [0.1, 0.15) is 34.7 Å². The molecule has 0 atom stereocenters. The minimum atomic E-state index is -2.61. The highest BCUT2D eigenvalue weighted by molar-refractivity contribution is 5.61. The Kier molecular flexibility index (Phi) is 1.25. The number of aromatic nitrogens is 1. The first-order valence-corrected chi connectivity index (χ1v) is 5.29. The molecule has 1 aromatic heterocycles. The van der Waals surface area contributed by atoms with Gasteiger partial charge in [0.25, 0.3) is 0 Å². The normalized spacial score (nSPS) is 20.7. The van der Waals surface area contributed by atoms with Crippen molar-refractivity contribution in [2.24, 2.45) is 7.05 Å². The van der Waals surface area contributed by atoms with Crippen LogP contribution in [-0.4, -0.2) is 0 Å². The molecule has 0 radical (unpaired) electrons. The van der Waals surface area contributed by atoms with E-state index in [1.54, 1.807) is 19.1 Å². The van der Waals surface area contributed by atoms with Crippen molar-refractivity contribution in [1.29, 1.82) is 0 Å². The summed E-state index contributed by atoms with van der Waals surface area (Å²) in [7, 11) is 1.50. The van der Waals surface area contributed by atoms with Crippen LogP contribution in [0.25, 0.3) is 11.3 Å². The highest BCUT2D eigenvalue weighted by atomic mass is 14.9. The predicted octanol–water partition coefficient (Wildman–Crippen LogP) is 3.41. The third kappa shape index (κ3) is 2.10. The predicted molar refractivity (Wildman–Crippen MR) is 72.0 cm³/mol. The zero-order valence-electron chi connectivity index (χ0n) is 18.8. The zero-order valence-corrected chi connectivity index (χ0v) is 9.83. The topological polar surface area (TPSA) is 3.88 Å². The lowest BCUT2D eigenvalue weighted by molar-refractivity contribution is -0.667. The Morgan fingerprint density at radius 3 is 2.53 bits per heavy atom. The van der Waals surface area contributed by atoms with Crippen LogP contribution in [0.3, 0.4) is 0 Å². The van der Waals surface area contributed by atoms with Gasteiger partial charge < -0.3 is 0 Å². The van der Waals surface area contributed by atoms with Crippen molar-refractivity contribution in [3.63, 3.8) is 0 Å². The molecular formula is C16H20N+. The Morgan fingerprint density at radius 2 is 1.88 bits per heavy atom. The largest absolute Gasteiger partial charge is 0.212 e. The van der Waals surface area contributed by atoms with E-state index in [1.165, 1.54) is 29.8 Å². The van der Waals surface area contributed by atoms with Crippen molar-refractivity contribution < 1.29 is 16.9 Å². The van der Waals surface area contributed by atoms with Crippen molar-refractivity contribution in [3.05, 3.63) is 52.7 Å². The SMILES string of the molecule is [2H]C([2H])([2H])c1ccc(-c2ccc(C([2H])([2H])[2H])c(C([2H])([2H])[2H])[n+]2C)c(C)c1. The first kappa shape index (κ1) is 4.93. The van der Waals surface area contributed by atoms with Gasteiger partial charge in [-0.25, -0.2) is 0 Å². The summed E-state index contributed by atoms with van der Waals surface area (Å²) in [4.78, 5) is 0. The Hall–Kier alpha value is -1.63. The molecule has 2 rings (SSSR count). The number of rotatable bonds is 1. The second kappa shape index (κ2) is 4.33. The Morgan fingerprint density at radius 1 is 1.00 bits per heavy atom. The molecule has 0 fully saturated rings. The Bertz CT molecular complexity index is 829. The number of aryl methyl sites for hydroxylation is 3. The third-order valence-electron chi connectivity index (χ3n) is 2.86. The van der Waals surface area contributed by atoms with Gasteiger partial charge in [0, 0.05) is 36.4 Å². The molecular weight excluding hydrogens is 206 g/mol. The molecule has 0 aliphatic rings. The number of hydrogen-bond donors (Lipinski definition) is 0. The van der Waals surface area contributed by atoms with E-state index < -0.39 is 20.6 Å². The van der Waals surface area contributed by atoms with E-state index in [1.807, 2.05) is 0 Å². The quantitative estimate of drug-likeness (QED) is 0.667. The molecule has 0 spiro atoms. The van der Waals surface area contributed by atoms with Crippen LogP contribution in [0.4, 0.5) is 0 Å². The monoisotopic (exact) mass is 235 g/mol. The van der Waals surface area contributed by atoms with Gasteiger partial charge in [0.2, 0.25) is 5.69 Å². The maximum Gasteiger partial charge on any atom is 0.212 e. The summed E-state index contributed by atoms with van der Waals surface area (Å²) < 4.78 is 69.9. The van der Waals surface area contributed by atoms with Gasteiger partial charge in [0.15, 0.2) is 5.69 Å². The lowest BCUT2D eigenvalue weighted by Crippen LogP contribution is -2.35. The highest BCUT2D eigenvalue weighted by Crippen LogP contribution is 2.22. The molecule has 0 saturated carbocycles. The van der Waals surface area contributed by atoms with Crippen molar-refractivity contribution in [2.45, 2.75) is 27.5 Å². The van der Waals surface area contributed by atoms with Gasteiger partial charge in [-0.2, -0.15) is 4.57 Å². The number of hydrogen-bond acceptors (Lipinski definition) is 0. The van der Waals surface area contributed by atoms with Crippen molar-refractivity contribution in [1.82, 2.24) is 0 Å². The summed E-state index contributed by atoms with van der Waals surface area (Å²) in [5.74, 6) is 0. The maximum atomic E-state index is 7.75. The summed E-state index contributed by atoms with van der Waals surface area (Å²) >= 11 is 0. The van der Waals surface area contributed by atoms with Gasteiger partial charge in [-0.15, -0.1) is 0 Å². The minimum Gasteiger partial charge on any atom is -0.198 e. The lowest BCUT2D eigenvalue weighted by Gasteiger charge is -2.08. The molecule has 0 N–H and O–H groups in total. The van der Waals surface area contributed by atoms with Crippen LogP contribution in [0.5, 0.6) is 0 Å². The molecule has 0 aliphatic carbocycles. The fourth-order valence-corrected chi connectivity index (χ4v) is 1.88. The van der Waals surface area contributed by atoms with Gasteiger partial charge in [0.05, 0.1) is 0 Å². The molecule has 17 heavy (non-hydrogen) atoms. The average Bonchev–Trinajstić information content (AvgIpc) is 2.44. The number of pyridine rings is 1. The van der Waals surface area contributed by atoms with Crippen molar-refractivity contribution in [2.75, 3.05) is 0 Å². The molecule has 0 unspecified atom stereocenters. The van der Waals surface area contributed by atoms with E-state index >= 15 is 0 Å². The van der Waals surface area contributed by atoms with E-state index in [9.17, 15) is 0 Å². The molecule has 0 amide bonds. The van der Waals surface area contributed by atoms with E-state index in [2.05, 4.69) is 0 Å². The summed E-state index contributed by atoms with van der Waals surface area (Å²) in [6.07, 6.45) is 0. The Balaban J connectivity index is 2.74. The van der Waals surface area contributed by atoms with Crippen LogP contribution in [0, 0.1) is 27.5 Å². The van der Waals surface area contributed by atoms with Gasteiger partial charge in [0.1, 0.15) is 7.05 Å². The van der Waals surface area contributed by atoms with Gasteiger partial charge in [-0.05, 0) is 38.3 Å². The molecule has 1 heterocycles. The van der Waals surface area contributed by atoms with Crippen molar-refractivity contribution in [3.8, 4) is 11.3 Å². The van der Waals surface area contributed by atoms with Crippen molar-refractivity contribution >= 4 is 0 Å². The molecule has 0 saturated heterocycles. The van der Waals surface area contributed by atoms with Gasteiger partial charge in [-0.3, -0.25) is 0 Å². The number of nitrogens with zero attached hydrogens (tertiary/aromatic N) is 1. The fraction of sp³-hybridized carbons (Fsp3) is 0.312. The second-order valence-corrected chi connectivity index (χ2v) is 4.07. The first-order valence-electron chi connectivity index (χ1n) is 9.79. The average molecular weight is 235 g/mol. The third-order valence-corrected chi connectivity index (χ3v) is 2.86. The Labute approximate surface area is 116 Å². The van der Waals surface area contributed by atoms with Gasteiger partial charge >= 0.3 is 0 Å². The summed E-state index contributed by atoms with van der Waals surface area (Å²) in [6.45, 7) is -5.67. The minimum absolute atomic E-state index is 0.191. The second-order valence-electron chi connectivity index (χ2n) is 4.07. The molecule has 0 bridgehead atoms. The summed E-state index contributed by atoms with van der Waals surface area (Å²) in [5.41, 5.74) is 1.51. The van der Waals surface area contributed by atoms with E-state index in [-0.39, 0.29) is 16.8 Å². The van der Waals surface area contributed by atoms with E-state index in [0.29, 0.717) is 16.8 Å². The standard InChI is InChI=1S/C16H20N/c1-11-6-8-15(13(3)10-11)16-9-7-12(2)14(4)17(16)5/h6-10H,1-5H3/q+1/i1D3,2D3,4D3. The maximum absolute atomic E-state index is 7.75. The van der Waals surface area contributed by atoms with Crippen LogP contribution >= 0.6 is 0 Å².